The van der Waals surface area contributed by atoms with Gasteiger partial charge in [0, 0.05) is 22.2 Å². The van der Waals surface area contributed by atoms with E-state index in [0.717, 1.165) is 12.1 Å². The minimum absolute atomic E-state index is 0.0302. The number of fused-ring (bicyclic) bond motifs is 3. The summed E-state index contributed by atoms with van der Waals surface area (Å²) in [5.74, 6) is 0.706. The fourth-order valence-electron chi connectivity index (χ4n) is 3.14. The van der Waals surface area contributed by atoms with E-state index in [9.17, 15) is 4.79 Å². The largest absolute Gasteiger partial charge is 0.348 e. The second-order valence-electron chi connectivity index (χ2n) is 5.64. The molecule has 1 atom stereocenters. The lowest BCUT2D eigenvalue weighted by Crippen LogP contribution is -2.57. The zero-order valence-electron chi connectivity index (χ0n) is 11.4. The van der Waals surface area contributed by atoms with Crippen LogP contribution in [-0.2, 0) is 4.79 Å². The van der Waals surface area contributed by atoms with Crippen LogP contribution in [0.2, 0.25) is 0 Å². The SMILES string of the molecule is O=C(/C=C/c1cccc(I)c1)NC1CN2CCC1CC2. The molecule has 3 aliphatic heterocycles. The van der Waals surface area contributed by atoms with E-state index in [1.807, 2.05) is 24.3 Å². The van der Waals surface area contributed by atoms with E-state index in [1.165, 1.54) is 29.5 Å². The third-order valence-corrected chi connectivity index (χ3v) is 4.93. The van der Waals surface area contributed by atoms with Crippen molar-refractivity contribution in [2.45, 2.75) is 18.9 Å². The number of amides is 1. The molecule has 0 saturated carbocycles. The molecule has 1 amide bonds. The number of hydrogen-bond acceptors (Lipinski definition) is 2. The topological polar surface area (TPSA) is 32.3 Å². The number of piperidine rings is 3. The number of hydrogen-bond donors (Lipinski definition) is 1. The van der Waals surface area contributed by atoms with Gasteiger partial charge in [0.05, 0.1) is 0 Å². The van der Waals surface area contributed by atoms with Crippen molar-refractivity contribution >= 4 is 34.6 Å². The molecule has 3 fully saturated rings. The molecule has 0 radical (unpaired) electrons. The quantitative estimate of drug-likeness (QED) is 0.644. The summed E-state index contributed by atoms with van der Waals surface area (Å²) in [7, 11) is 0. The lowest BCUT2D eigenvalue weighted by molar-refractivity contribution is -0.118. The fraction of sp³-hybridized carbons (Fsp3) is 0.438. The molecule has 20 heavy (non-hydrogen) atoms. The van der Waals surface area contributed by atoms with Gasteiger partial charge >= 0.3 is 0 Å². The third-order valence-electron chi connectivity index (χ3n) is 4.26. The predicted molar refractivity (Wildman–Crippen MR) is 89.3 cm³/mol. The molecule has 1 aromatic carbocycles. The molecule has 3 nitrogen and oxygen atoms in total. The Labute approximate surface area is 133 Å². The Hall–Kier alpha value is -0.880. The van der Waals surface area contributed by atoms with Gasteiger partial charge < -0.3 is 10.2 Å². The first kappa shape index (κ1) is 14.1. The molecule has 0 aliphatic carbocycles. The first-order chi connectivity index (χ1) is 9.70. The summed E-state index contributed by atoms with van der Waals surface area (Å²) in [4.78, 5) is 14.5. The van der Waals surface area contributed by atoms with Crippen molar-refractivity contribution in [2.75, 3.05) is 19.6 Å². The van der Waals surface area contributed by atoms with Crippen molar-refractivity contribution < 1.29 is 4.79 Å². The second-order valence-corrected chi connectivity index (χ2v) is 6.89. The van der Waals surface area contributed by atoms with Gasteiger partial charge in [-0.1, -0.05) is 12.1 Å². The standard InChI is InChI=1S/C16H19IN2O/c17-14-3-1-2-12(10-14)4-5-16(20)18-15-11-19-8-6-13(15)7-9-19/h1-5,10,13,15H,6-9,11H2,(H,18,20)/b5-4+. The Bertz CT molecular complexity index is 521. The van der Waals surface area contributed by atoms with Gasteiger partial charge in [-0.25, -0.2) is 0 Å². The van der Waals surface area contributed by atoms with Crippen molar-refractivity contribution in [2.24, 2.45) is 5.92 Å². The summed E-state index contributed by atoms with van der Waals surface area (Å²) in [6.45, 7) is 3.43. The molecule has 3 heterocycles. The molecule has 106 valence electrons. The number of nitrogens with zero attached hydrogens (tertiary/aromatic N) is 1. The molecular formula is C16H19IN2O. The van der Waals surface area contributed by atoms with Gasteiger partial charge in [-0.2, -0.15) is 0 Å². The smallest absolute Gasteiger partial charge is 0.244 e. The molecule has 1 unspecified atom stereocenters. The summed E-state index contributed by atoms with van der Waals surface area (Å²) in [6.07, 6.45) is 6.00. The van der Waals surface area contributed by atoms with Crippen LogP contribution in [0, 0.1) is 9.49 Å². The molecule has 4 rings (SSSR count). The molecule has 3 saturated heterocycles. The summed E-state index contributed by atoms with van der Waals surface area (Å²) in [5.41, 5.74) is 1.07. The van der Waals surface area contributed by atoms with E-state index in [2.05, 4.69) is 38.9 Å². The van der Waals surface area contributed by atoms with Gasteiger partial charge in [0.2, 0.25) is 5.91 Å². The van der Waals surface area contributed by atoms with Gasteiger partial charge in [-0.15, -0.1) is 0 Å². The zero-order chi connectivity index (χ0) is 13.9. The first-order valence-electron chi connectivity index (χ1n) is 7.17. The highest BCUT2D eigenvalue weighted by atomic mass is 127. The average molecular weight is 382 g/mol. The van der Waals surface area contributed by atoms with Crippen LogP contribution in [0.25, 0.3) is 6.08 Å². The molecule has 0 aromatic heterocycles. The maximum Gasteiger partial charge on any atom is 0.244 e. The maximum absolute atomic E-state index is 12.0. The molecule has 2 bridgehead atoms. The van der Waals surface area contributed by atoms with Gasteiger partial charge in [0.1, 0.15) is 0 Å². The Morgan fingerprint density at radius 1 is 1.35 bits per heavy atom. The predicted octanol–water partition coefficient (Wildman–Crippen LogP) is 2.51. The minimum Gasteiger partial charge on any atom is -0.348 e. The highest BCUT2D eigenvalue weighted by Gasteiger charge is 2.34. The first-order valence-corrected chi connectivity index (χ1v) is 8.25. The Balaban J connectivity index is 1.57. The van der Waals surface area contributed by atoms with Crippen molar-refractivity contribution in [3.8, 4) is 0 Å². The minimum atomic E-state index is 0.0302. The van der Waals surface area contributed by atoms with Crippen LogP contribution in [-0.4, -0.2) is 36.5 Å². The van der Waals surface area contributed by atoms with Crippen molar-refractivity contribution in [1.82, 2.24) is 10.2 Å². The number of benzene rings is 1. The molecule has 3 aliphatic rings. The maximum atomic E-state index is 12.0. The molecule has 4 heteroatoms. The van der Waals surface area contributed by atoms with Crippen LogP contribution in [0.15, 0.2) is 30.3 Å². The van der Waals surface area contributed by atoms with Crippen molar-refractivity contribution in [3.05, 3.63) is 39.5 Å². The van der Waals surface area contributed by atoms with E-state index in [0.29, 0.717) is 12.0 Å². The third kappa shape index (κ3) is 3.41. The lowest BCUT2D eigenvalue weighted by Gasteiger charge is -2.44. The number of carbonyl (C=O) groups excluding carboxylic acids is 1. The lowest BCUT2D eigenvalue weighted by atomic mass is 9.84. The van der Waals surface area contributed by atoms with Gasteiger partial charge in [-0.05, 0) is 78.2 Å². The molecule has 1 aromatic rings. The number of rotatable bonds is 3. The average Bonchev–Trinajstić information content (AvgIpc) is 2.46. The monoisotopic (exact) mass is 382 g/mol. The van der Waals surface area contributed by atoms with Gasteiger partial charge in [0.25, 0.3) is 0 Å². The molecular weight excluding hydrogens is 363 g/mol. The molecule has 1 N–H and O–H groups in total. The highest BCUT2D eigenvalue weighted by molar-refractivity contribution is 14.1. The van der Waals surface area contributed by atoms with E-state index in [-0.39, 0.29) is 5.91 Å². The van der Waals surface area contributed by atoms with Crippen LogP contribution in [0.1, 0.15) is 18.4 Å². The van der Waals surface area contributed by atoms with Gasteiger partial charge in [-0.3, -0.25) is 4.79 Å². The Morgan fingerprint density at radius 3 is 2.80 bits per heavy atom. The molecule has 0 spiro atoms. The summed E-state index contributed by atoms with van der Waals surface area (Å²) < 4.78 is 1.18. The van der Waals surface area contributed by atoms with Crippen LogP contribution in [0.3, 0.4) is 0 Å². The van der Waals surface area contributed by atoms with Gasteiger partial charge in [0.15, 0.2) is 0 Å². The summed E-state index contributed by atoms with van der Waals surface area (Å²) in [6, 6.07) is 8.47. The van der Waals surface area contributed by atoms with Crippen LogP contribution < -0.4 is 5.32 Å². The van der Waals surface area contributed by atoms with Crippen molar-refractivity contribution in [1.29, 1.82) is 0 Å². The summed E-state index contributed by atoms with van der Waals surface area (Å²) >= 11 is 2.28. The Kier molecular flexibility index (Phi) is 4.41. The van der Waals surface area contributed by atoms with Crippen LogP contribution >= 0.6 is 22.6 Å². The van der Waals surface area contributed by atoms with E-state index in [1.54, 1.807) is 6.08 Å². The second kappa shape index (κ2) is 6.26. The van der Waals surface area contributed by atoms with E-state index >= 15 is 0 Å². The zero-order valence-corrected chi connectivity index (χ0v) is 13.5. The number of carbonyl (C=O) groups is 1. The highest BCUT2D eigenvalue weighted by Crippen LogP contribution is 2.27. The van der Waals surface area contributed by atoms with E-state index in [4.69, 9.17) is 0 Å². The summed E-state index contributed by atoms with van der Waals surface area (Å²) in [5, 5.41) is 3.17. The fourth-order valence-corrected chi connectivity index (χ4v) is 3.71. The van der Waals surface area contributed by atoms with Crippen molar-refractivity contribution in [3.63, 3.8) is 0 Å². The number of halogens is 1. The normalized spacial score (nSPS) is 28.8. The number of nitrogens with one attached hydrogen (secondary N) is 1. The van der Waals surface area contributed by atoms with Crippen LogP contribution in [0.4, 0.5) is 0 Å². The van der Waals surface area contributed by atoms with Crippen LogP contribution in [0.5, 0.6) is 0 Å². The van der Waals surface area contributed by atoms with E-state index < -0.39 is 0 Å². The Morgan fingerprint density at radius 2 is 2.15 bits per heavy atom.